The smallest absolute Gasteiger partial charge is 0.161 e. The second-order valence-electron chi connectivity index (χ2n) is 8.38. The van der Waals surface area contributed by atoms with Gasteiger partial charge in [-0.2, -0.15) is 0 Å². The first-order chi connectivity index (χ1) is 13.3. The van der Waals surface area contributed by atoms with Gasteiger partial charge in [-0.3, -0.25) is 9.80 Å². The van der Waals surface area contributed by atoms with E-state index in [-0.39, 0.29) is 12.1 Å². The predicted molar refractivity (Wildman–Crippen MR) is 114 cm³/mol. The molecule has 0 amide bonds. The highest BCUT2D eigenvalue weighted by molar-refractivity contribution is 5.43. The number of rotatable bonds is 10. The molecule has 1 aromatic carbocycles. The summed E-state index contributed by atoms with van der Waals surface area (Å²) in [5.74, 6) is 1.41. The Labute approximate surface area is 171 Å². The predicted octanol–water partition coefficient (Wildman–Crippen LogP) is 2.30. The van der Waals surface area contributed by atoms with Gasteiger partial charge in [0.25, 0.3) is 0 Å². The zero-order valence-corrected chi connectivity index (χ0v) is 18.6. The number of hydrogen-bond donors (Lipinski definition) is 1. The van der Waals surface area contributed by atoms with Crippen LogP contribution in [0.4, 0.5) is 0 Å². The lowest BCUT2D eigenvalue weighted by Crippen LogP contribution is -2.57. The van der Waals surface area contributed by atoms with Gasteiger partial charge in [-0.25, -0.2) is 0 Å². The van der Waals surface area contributed by atoms with E-state index in [9.17, 15) is 5.11 Å². The Morgan fingerprint density at radius 2 is 1.89 bits per heavy atom. The molecule has 1 aliphatic heterocycles. The molecular weight excluding hydrogens is 354 g/mol. The molecule has 1 saturated heterocycles. The highest BCUT2D eigenvalue weighted by atomic mass is 16.5. The van der Waals surface area contributed by atoms with Gasteiger partial charge < -0.3 is 19.5 Å². The van der Waals surface area contributed by atoms with Crippen molar-refractivity contribution in [3.05, 3.63) is 23.8 Å². The summed E-state index contributed by atoms with van der Waals surface area (Å²) in [5, 5.41) is 10.3. The molecule has 1 heterocycles. The lowest BCUT2D eigenvalue weighted by Gasteiger charge is -2.45. The molecule has 0 unspecified atom stereocenters. The Balaban J connectivity index is 1.99. The number of piperazine rings is 1. The third-order valence-corrected chi connectivity index (χ3v) is 5.82. The Kier molecular flexibility index (Phi) is 8.56. The van der Waals surface area contributed by atoms with Gasteiger partial charge >= 0.3 is 0 Å². The Morgan fingerprint density at radius 1 is 1.18 bits per heavy atom. The van der Waals surface area contributed by atoms with Crippen molar-refractivity contribution in [2.24, 2.45) is 0 Å². The quantitative estimate of drug-likeness (QED) is 0.658. The first kappa shape index (κ1) is 22.9. The molecule has 1 N–H and O–H groups in total. The summed E-state index contributed by atoms with van der Waals surface area (Å²) in [6.45, 7) is 15.6. The van der Waals surface area contributed by atoms with Crippen LogP contribution in [-0.4, -0.2) is 91.5 Å². The molecule has 1 fully saturated rings. The minimum Gasteiger partial charge on any atom is -0.493 e. The van der Waals surface area contributed by atoms with Crippen LogP contribution in [0, 0.1) is 0 Å². The molecule has 28 heavy (non-hydrogen) atoms. The van der Waals surface area contributed by atoms with Crippen molar-refractivity contribution in [3.8, 4) is 11.5 Å². The molecular formula is C22H39N3O3. The van der Waals surface area contributed by atoms with Crippen molar-refractivity contribution in [2.75, 3.05) is 60.0 Å². The summed E-state index contributed by atoms with van der Waals surface area (Å²) in [7, 11) is 3.84. The van der Waals surface area contributed by atoms with Gasteiger partial charge in [0.2, 0.25) is 0 Å². The number of ether oxygens (including phenoxy) is 2. The summed E-state index contributed by atoms with van der Waals surface area (Å²) in [6.07, 6.45) is -0.522. The molecule has 0 radical (unpaired) electrons. The van der Waals surface area contributed by atoms with Gasteiger partial charge in [-0.15, -0.1) is 0 Å². The van der Waals surface area contributed by atoms with E-state index in [1.54, 1.807) is 7.11 Å². The van der Waals surface area contributed by atoms with Gasteiger partial charge in [0, 0.05) is 38.3 Å². The second kappa shape index (κ2) is 10.4. The molecule has 0 aliphatic carbocycles. The van der Waals surface area contributed by atoms with Gasteiger partial charge in [0.15, 0.2) is 11.5 Å². The minimum absolute atomic E-state index is 0.179. The standard InChI is InChI=1S/C22H39N3O3/c1-7-24(8-2)15-19(26)16-28-21-13-18(9-10-20(21)27-6)14-25-12-11-23(5)22(3,4)17-25/h9-10,13,19,26H,7-8,11-12,14-17H2,1-6H3/t19-/m0/s1. The summed E-state index contributed by atoms with van der Waals surface area (Å²) in [6, 6.07) is 6.11. The molecule has 2 rings (SSSR count). The average molecular weight is 394 g/mol. The van der Waals surface area contributed by atoms with Crippen molar-refractivity contribution in [3.63, 3.8) is 0 Å². The van der Waals surface area contributed by atoms with Crippen molar-refractivity contribution in [1.29, 1.82) is 0 Å². The number of hydrogen-bond acceptors (Lipinski definition) is 6. The average Bonchev–Trinajstić information content (AvgIpc) is 2.67. The monoisotopic (exact) mass is 393 g/mol. The summed E-state index contributed by atoms with van der Waals surface area (Å²) in [4.78, 5) is 7.10. The molecule has 160 valence electrons. The molecule has 0 bridgehead atoms. The lowest BCUT2D eigenvalue weighted by atomic mass is 9.99. The number of methoxy groups -OCH3 is 1. The second-order valence-corrected chi connectivity index (χ2v) is 8.38. The van der Waals surface area contributed by atoms with E-state index in [1.807, 2.05) is 12.1 Å². The van der Waals surface area contributed by atoms with E-state index in [0.717, 1.165) is 39.3 Å². The molecule has 0 saturated carbocycles. The SMILES string of the molecule is CCN(CC)C[C@H](O)COc1cc(CN2CCN(C)C(C)(C)C2)ccc1OC. The Morgan fingerprint density at radius 3 is 2.50 bits per heavy atom. The molecule has 1 atom stereocenters. The summed E-state index contributed by atoms with van der Waals surface area (Å²) in [5.41, 5.74) is 1.38. The number of aliphatic hydroxyl groups excluding tert-OH is 1. The topological polar surface area (TPSA) is 48.4 Å². The van der Waals surface area contributed by atoms with Crippen LogP contribution in [0.2, 0.25) is 0 Å². The maximum absolute atomic E-state index is 10.3. The van der Waals surface area contributed by atoms with Crippen LogP contribution in [0.3, 0.4) is 0 Å². The van der Waals surface area contributed by atoms with Crippen molar-refractivity contribution >= 4 is 0 Å². The van der Waals surface area contributed by atoms with Crippen LogP contribution in [0.1, 0.15) is 33.3 Å². The Bertz CT molecular complexity index is 605. The minimum atomic E-state index is -0.522. The third kappa shape index (κ3) is 6.34. The van der Waals surface area contributed by atoms with Crippen molar-refractivity contribution in [2.45, 2.75) is 45.9 Å². The normalized spacial score (nSPS) is 19.0. The van der Waals surface area contributed by atoms with Gasteiger partial charge in [0.05, 0.1) is 7.11 Å². The van der Waals surface area contributed by atoms with E-state index >= 15 is 0 Å². The van der Waals surface area contributed by atoms with E-state index in [2.05, 4.69) is 55.5 Å². The highest BCUT2D eigenvalue weighted by Gasteiger charge is 2.30. The Hall–Kier alpha value is -1.34. The van der Waals surface area contributed by atoms with Crippen LogP contribution < -0.4 is 9.47 Å². The van der Waals surface area contributed by atoms with E-state index in [1.165, 1.54) is 5.56 Å². The van der Waals surface area contributed by atoms with Crippen molar-refractivity contribution < 1.29 is 14.6 Å². The fraction of sp³-hybridized carbons (Fsp3) is 0.727. The lowest BCUT2D eigenvalue weighted by molar-refractivity contribution is 0.0359. The summed E-state index contributed by atoms with van der Waals surface area (Å²) < 4.78 is 11.4. The molecule has 6 heteroatoms. The van der Waals surface area contributed by atoms with Crippen LogP contribution in [0.15, 0.2) is 18.2 Å². The molecule has 6 nitrogen and oxygen atoms in total. The number of benzene rings is 1. The zero-order chi connectivity index (χ0) is 20.7. The van der Waals surface area contributed by atoms with Gasteiger partial charge in [0.1, 0.15) is 12.7 Å². The van der Waals surface area contributed by atoms with Gasteiger partial charge in [-0.05, 0) is 51.7 Å². The maximum Gasteiger partial charge on any atom is 0.161 e. The van der Waals surface area contributed by atoms with E-state index in [0.29, 0.717) is 18.0 Å². The molecule has 0 spiro atoms. The van der Waals surface area contributed by atoms with Crippen molar-refractivity contribution in [1.82, 2.24) is 14.7 Å². The molecule has 1 aromatic rings. The van der Waals surface area contributed by atoms with Crippen LogP contribution in [-0.2, 0) is 6.54 Å². The fourth-order valence-corrected chi connectivity index (χ4v) is 3.69. The zero-order valence-electron chi connectivity index (χ0n) is 18.6. The van der Waals surface area contributed by atoms with Crippen LogP contribution in [0.5, 0.6) is 11.5 Å². The van der Waals surface area contributed by atoms with Crippen LogP contribution >= 0.6 is 0 Å². The molecule has 0 aromatic heterocycles. The summed E-state index contributed by atoms with van der Waals surface area (Å²) >= 11 is 0. The number of likely N-dealkylation sites (N-methyl/N-ethyl adjacent to an activating group) is 2. The van der Waals surface area contributed by atoms with Crippen LogP contribution in [0.25, 0.3) is 0 Å². The van der Waals surface area contributed by atoms with E-state index < -0.39 is 6.10 Å². The maximum atomic E-state index is 10.3. The third-order valence-electron chi connectivity index (χ3n) is 5.82. The van der Waals surface area contributed by atoms with E-state index in [4.69, 9.17) is 9.47 Å². The largest absolute Gasteiger partial charge is 0.493 e. The van der Waals surface area contributed by atoms with Gasteiger partial charge in [-0.1, -0.05) is 19.9 Å². The highest BCUT2D eigenvalue weighted by Crippen LogP contribution is 2.29. The molecule has 1 aliphatic rings. The number of nitrogens with zero attached hydrogens (tertiary/aromatic N) is 3. The number of aliphatic hydroxyl groups is 1. The fourth-order valence-electron chi connectivity index (χ4n) is 3.69. The first-order valence-electron chi connectivity index (χ1n) is 10.4. The first-order valence-corrected chi connectivity index (χ1v) is 10.4.